The van der Waals surface area contributed by atoms with Gasteiger partial charge in [-0.1, -0.05) is 13.8 Å². The summed E-state index contributed by atoms with van der Waals surface area (Å²) in [6.45, 7) is 8.67. The molecule has 1 fully saturated rings. The number of ether oxygens (including phenoxy) is 1. The summed E-state index contributed by atoms with van der Waals surface area (Å²) in [4.78, 5) is 13.7. The van der Waals surface area contributed by atoms with E-state index in [1.54, 1.807) is 7.11 Å². The maximum atomic E-state index is 11.4. The van der Waals surface area contributed by atoms with Crippen LogP contribution in [-0.4, -0.2) is 55.2 Å². The second-order valence-electron chi connectivity index (χ2n) is 5.77. The third-order valence-corrected chi connectivity index (χ3v) is 3.55. The molecule has 18 heavy (non-hydrogen) atoms. The third-order valence-electron chi connectivity index (χ3n) is 3.55. The number of nitrogens with one attached hydrogen (secondary N) is 1. The molecule has 3 N–H and O–H groups in total. The lowest BCUT2D eigenvalue weighted by molar-refractivity contribution is -0.121. The third kappa shape index (κ3) is 4.55. The number of likely N-dealkylation sites (tertiary alicyclic amines) is 1. The van der Waals surface area contributed by atoms with E-state index < -0.39 is 0 Å². The highest BCUT2D eigenvalue weighted by molar-refractivity contribution is 5.80. The average molecular weight is 257 g/mol. The molecule has 106 valence electrons. The maximum absolute atomic E-state index is 11.4. The summed E-state index contributed by atoms with van der Waals surface area (Å²) in [6, 6.07) is -0.0368. The van der Waals surface area contributed by atoms with Gasteiger partial charge in [-0.05, 0) is 26.3 Å². The molecule has 5 nitrogen and oxygen atoms in total. The first-order valence-corrected chi connectivity index (χ1v) is 6.69. The van der Waals surface area contributed by atoms with Crippen LogP contribution in [0.15, 0.2) is 0 Å². The highest BCUT2D eigenvalue weighted by atomic mass is 16.5. The van der Waals surface area contributed by atoms with Crippen LogP contribution in [0.4, 0.5) is 0 Å². The van der Waals surface area contributed by atoms with Gasteiger partial charge in [-0.25, -0.2) is 0 Å². The van der Waals surface area contributed by atoms with E-state index in [2.05, 4.69) is 17.1 Å². The summed E-state index contributed by atoms with van der Waals surface area (Å²) in [5.41, 5.74) is 5.34. The Hall–Kier alpha value is -0.650. The molecule has 2 atom stereocenters. The van der Waals surface area contributed by atoms with Gasteiger partial charge in [0.05, 0.1) is 11.6 Å². The van der Waals surface area contributed by atoms with Crippen molar-refractivity contribution in [3.05, 3.63) is 0 Å². The van der Waals surface area contributed by atoms with Crippen LogP contribution in [0.25, 0.3) is 0 Å². The molecule has 0 aromatic heterocycles. The van der Waals surface area contributed by atoms with Crippen LogP contribution in [0, 0.1) is 0 Å². The molecule has 1 amide bonds. The summed E-state index contributed by atoms with van der Waals surface area (Å²) in [5, 5.41) is 3.21. The molecule has 1 aliphatic rings. The smallest absolute Gasteiger partial charge is 0.235 e. The van der Waals surface area contributed by atoms with E-state index in [-0.39, 0.29) is 23.6 Å². The van der Waals surface area contributed by atoms with E-state index in [1.165, 1.54) is 0 Å². The van der Waals surface area contributed by atoms with Gasteiger partial charge < -0.3 is 15.8 Å². The molecule has 0 spiro atoms. The first-order valence-electron chi connectivity index (χ1n) is 6.69. The largest absolute Gasteiger partial charge is 0.377 e. The van der Waals surface area contributed by atoms with Crippen molar-refractivity contribution in [2.75, 3.05) is 26.7 Å². The Bertz CT molecular complexity index is 283. The first kappa shape index (κ1) is 15.4. The molecule has 1 rings (SSSR count). The van der Waals surface area contributed by atoms with Gasteiger partial charge in [-0.2, -0.15) is 0 Å². The van der Waals surface area contributed by atoms with Crippen molar-refractivity contribution in [2.24, 2.45) is 5.73 Å². The summed E-state index contributed by atoms with van der Waals surface area (Å²) in [7, 11) is 1.75. The molecule has 2 unspecified atom stereocenters. The summed E-state index contributed by atoms with van der Waals surface area (Å²) < 4.78 is 5.55. The van der Waals surface area contributed by atoms with Gasteiger partial charge in [-0.3, -0.25) is 9.69 Å². The summed E-state index contributed by atoms with van der Waals surface area (Å²) in [5.74, 6) is -0.284. The molecule has 0 aromatic rings. The van der Waals surface area contributed by atoms with E-state index in [0.717, 1.165) is 25.9 Å². The predicted octanol–water partition coefficient (Wildman–Crippen LogP) is 0.339. The molecular formula is C13H27N3O2. The predicted molar refractivity (Wildman–Crippen MR) is 72.3 cm³/mol. The van der Waals surface area contributed by atoms with Gasteiger partial charge in [0.2, 0.25) is 5.91 Å². The quantitative estimate of drug-likeness (QED) is 0.720. The lowest BCUT2D eigenvalue weighted by Gasteiger charge is -2.40. The fourth-order valence-electron chi connectivity index (χ4n) is 2.52. The van der Waals surface area contributed by atoms with Crippen LogP contribution in [-0.2, 0) is 9.53 Å². The second-order valence-corrected chi connectivity index (χ2v) is 5.77. The Morgan fingerprint density at radius 2 is 2.22 bits per heavy atom. The molecule has 1 saturated heterocycles. The monoisotopic (exact) mass is 257 g/mol. The Labute approximate surface area is 110 Å². The highest BCUT2D eigenvalue weighted by Crippen LogP contribution is 2.23. The molecule has 5 heteroatoms. The average Bonchev–Trinajstić information content (AvgIpc) is 2.27. The number of piperidine rings is 1. The molecule has 0 radical (unpaired) electrons. The van der Waals surface area contributed by atoms with Gasteiger partial charge in [0.25, 0.3) is 0 Å². The minimum absolute atomic E-state index is 0.0989. The molecular weight excluding hydrogens is 230 g/mol. The standard InChI is InChI=1S/C13H27N3O2/c1-10(2)15-11(12(14)17)8-16-7-5-6-13(3,9-16)18-4/h10-11,15H,5-9H2,1-4H3,(H2,14,17). The van der Waals surface area contributed by atoms with Crippen LogP contribution in [0.3, 0.4) is 0 Å². The van der Waals surface area contributed by atoms with Gasteiger partial charge in [0.15, 0.2) is 0 Å². The molecule has 0 aromatic carbocycles. The van der Waals surface area contributed by atoms with Gasteiger partial charge in [0.1, 0.15) is 0 Å². The zero-order chi connectivity index (χ0) is 13.8. The maximum Gasteiger partial charge on any atom is 0.235 e. The number of methoxy groups -OCH3 is 1. The van der Waals surface area contributed by atoms with Crippen molar-refractivity contribution < 1.29 is 9.53 Å². The number of amides is 1. The van der Waals surface area contributed by atoms with Crippen molar-refractivity contribution in [1.29, 1.82) is 0 Å². The topological polar surface area (TPSA) is 67.6 Å². The van der Waals surface area contributed by atoms with Gasteiger partial charge in [0, 0.05) is 26.2 Å². The fraction of sp³-hybridized carbons (Fsp3) is 0.923. The summed E-state index contributed by atoms with van der Waals surface area (Å²) in [6.07, 6.45) is 2.16. The van der Waals surface area contributed by atoms with Crippen molar-refractivity contribution in [2.45, 2.75) is 51.3 Å². The van der Waals surface area contributed by atoms with Crippen LogP contribution in [0.5, 0.6) is 0 Å². The van der Waals surface area contributed by atoms with E-state index in [4.69, 9.17) is 10.5 Å². The van der Waals surface area contributed by atoms with Crippen molar-refractivity contribution in [3.8, 4) is 0 Å². The van der Waals surface area contributed by atoms with Crippen molar-refractivity contribution in [3.63, 3.8) is 0 Å². The first-order chi connectivity index (χ1) is 8.36. The Balaban J connectivity index is 2.55. The summed E-state index contributed by atoms with van der Waals surface area (Å²) >= 11 is 0. The van der Waals surface area contributed by atoms with Crippen LogP contribution in [0.1, 0.15) is 33.6 Å². The van der Waals surface area contributed by atoms with Crippen molar-refractivity contribution >= 4 is 5.91 Å². The van der Waals surface area contributed by atoms with Crippen LogP contribution < -0.4 is 11.1 Å². The van der Waals surface area contributed by atoms with E-state index in [9.17, 15) is 4.79 Å². The zero-order valence-electron chi connectivity index (χ0n) is 12.0. The number of hydrogen-bond donors (Lipinski definition) is 2. The number of primary amides is 1. The number of carbonyl (C=O) groups is 1. The Morgan fingerprint density at radius 1 is 1.56 bits per heavy atom. The number of nitrogens with zero attached hydrogens (tertiary/aromatic N) is 1. The SMILES string of the molecule is COC1(C)CCCN(CC(NC(C)C)C(N)=O)C1. The molecule has 0 aliphatic carbocycles. The van der Waals surface area contributed by atoms with Gasteiger partial charge in [-0.15, -0.1) is 0 Å². The Kier molecular flexibility index (Phi) is 5.56. The number of carbonyl (C=O) groups excluding carboxylic acids is 1. The van der Waals surface area contributed by atoms with Crippen molar-refractivity contribution in [1.82, 2.24) is 10.2 Å². The zero-order valence-corrected chi connectivity index (χ0v) is 12.0. The molecule has 0 saturated carbocycles. The number of nitrogens with two attached hydrogens (primary N) is 1. The minimum atomic E-state index is -0.288. The molecule has 1 aliphatic heterocycles. The lowest BCUT2D eigenvalue weighted by atomic mass is 9.94. The minimum Gasteiger partial charge on any atom is -0.377 e. The van der Waals surface area contributed by atoms with E-state index >= 15 is 0 Å². The fourth-order valence-corrected chi connectivity index (χ4v) is 2.52. The lowest BCUT2D eigenvalue weighted by Crippen LogP contribution is -2.55. The highest BCUT2D eigenvalue weighted by Gasteiger charge is 2.32. The molecule has 1 heterocycles. The van der Waals surface area contributed by atoms with E-state index in [1.807, 2.05) is 13.8 Å². The Morgan fingerprint density at radius 3 is 2.72 bits per heavy atom. The van der Waals surface area contributed by atoms with Crippen LogP contribution >= 0.6 is 0 Å². The normalized spacial score (nSPS) is 27.4. The van der Waals surface area contributed by atoms with Gasteiger partial charge >= 0.3 is 0 Å². The second kappa shape index (κ2) is 6.50. The number of hydrogen-bond acceptors (Lipinski definition) is 4. The van der Waals surface area contributed by atoms with E-state index in [0.29, 0.717) is 6.54 Å². The van der Waals surface area contributed by atoms with Crippen LogP contribution in [0.2, 0.25) is 0 Å². The number of rotatable bonds is 6. The molecule has 0 bridgehead atoms.